The molecule has 0 radical (unpaired) electrons. The van der Waals surface area contributed by atoms with Crippen LogP contribution in [0.1, 0.15) is 0 Å². The summed E-state index contributed by atoms with van der Waals surface area (Å²) in [5.41, 5.74) is 16.5. The van der Waals surface area contributed by atoms with E-state index in [1.807, 2.05) is 6.07 Å². The topological polar surface area (TPSA) is 16.4 Å². The zero-order valence-corrected chi connectivity index (χ0v) is 30.7. The largest absolute Gasteiger partial charge is 0.454 e. The third-order valence-electron chi connectivity index (χ3n) is 10.7. The Balaban J connectivity index is 1.19. The Bertz CT molecular complexity index is 2950. The van der Waals surface area contributed by atoms with Crippen LogP contribution in [0.5, 0.6) is 0 Å². The second-order valence-electron chi connectivity index (χ2n) is 14.1. The quantitative estimate of drug-likeness (QED) is 0.156. The number of fused-ring (bicyclic) bond motifs is 3. The SMILES string of the molecule is c1ccc(-c2ccc(N(c3ccccc3-c3ccccc3-c3ccc(-c4ccccc4)cc3-c3ccccc3)c3cccc4c3oc3ccccc34)cc2)cc1. The molecule has 9 aromatic carbocycles. The second kappa shape index (κ2) is 14.4. The average Bonchev–Trinajstić information content (AvgIpc) is 3.67. The molecule has 0 bridgehead atoms. The van der Waals surface area contributed by atoms with Gasteiger partial charge in [0.1, 0.15) is 5.58 Å². The van der Waals surface area contributed by atoms with Crippen LogP contribution < -0.4 is 4.90 Å². The molecule has 0 saturated heterocycles. The average molecular weight is 716 g/mol. The van der Waals surface area contributed by atoms with Crippen LogP contribution >= 0.6 is 0 Å². The van der Waals surface area contributed by atoms with Crippen LogP contribution in [0.3, 0.4) is 0 Å². The molecule has 1 heterocycles. The van der Waals surface area contributed by atoms with Gasteiger partial charge in [-0.1, -0.05) is 188 Å². The van der Waals surface area contributed by atoms with Gasteiger partial charge in [-0.05, 0) is 86.5 Å². The van der Waals surface area contributed by atoms with Crippen LogP contribution in [0.25, 0.3) is 77.6 Å². The molecule has 1 aromatic heterocycles. The van der Waals surface area contributed by atoms with Gasteiger partial charge in [-0.25, -0.2) is 0 Å². The van der Waals surface area contributed by atoms with E-state index in [1.54, 1.807) is 0 Å². The molecule has 10 aromatic rings. The first kappa shape index (κ1) is 33.2. The van der Waals surface area contributed by atoms with Gasteiger partial charge in [0.05, 0.1) is 11.4 Å². The Morgan fingerprint density at radius 2 is 0.768 bits per heavy atom. The van der Waals surface area contributed by atoms with Gasteiger partial charge >= 0.3 is 0 Å². The summed E-state index contributed by atoms with van der Waals surface area (Å²) in [7, 11) is 0. The lowest BCUT2D eigenvalue weighted by molar-refractivity contribution is 0.669. The highest BCUT2D eigenvalue weighted by Crippen LogP contribution is 2.48. The maximum Gasteiger partial charge on any atom is 0.159 e. The van der Waals surface area contributed by atoms with Gasteiger partial charge in [0.15, 0.2) is 5.58 Å². The van der Waals surface area contributed by atoms with E-state index in [0.717, 1.165) is 50.1 Å². The van der Waals surface area contributed by atoms with Crippen molar-refractivity contribution < 1.29 is 4.42 Å². The fourth-order valence-electron chi connectivity index (χ4n) is 8.04. The zero-order chi connectivity index (χ0) is 37.3. The predicted octanol–water partition coefficient (Wildman–Crippen LogP) is 15.4. The Morgan fingerprint density at radius 1 is 0.286 bits per heavy atom. The molecule has 0 spiro atoms. The van der Waals surface area contributed by atoms with Gasteiger partial charge in [0.2, 0.25) is 0 Å². The van der Waals surface area contributed by atoms with Gasteiger partial charge in [-0.15, -0.1) is 0 Å². The maximum absolute atomic E-state index is 6.71. The normalized spacial score (nSPS) is 11.2. The van der Waals surface area contributed by atoms with Crippen molar-refractivity contribution in [2.45, 2.75) is 0 Å². The van der Waals surface area contributed by atoms with Crippen molar-refractivity contribution in [2.75, 3.05) is 4.90 Å². The number of nitrogens with zero attached hydrogens (tertiary/aromatic N) is 1. The van der Waals surface area contributed by atoms with Crippen LogP contribution in [0.15, 0.2) is 229 Å². The summed E-state index contributed by atoms with van der Waals surface area (Å²) in [4.78, 5) is 2.36. The molecular weight excluding hydrogens is 679 g/mol. The minimum atomic E-state index is 0.854. The molecule has 0 atom stereocenters. The molecule has 0 aliphatic rings. The number of benzene rings is 9. The lowest BCUT2D eigenvalue weighted by atomic mass is 9.87. The summed E-state index contributed by atoms with van der Waals surface area (Å²) in [5.74, 6) is 0. The summed E-state index contributed by atoms with van der Waals surface area (Å²) < 4.78 is 6.71. The molecule has 0 aliphatic carbocycles. The van der Waals surface area contributed by atoms with E-state index < -0.39 is 0 Å². The molecule has 264 valence electrons. The lowest BCUT2D eigenvalue weighted by Crippen LogP contribution is -2.11. The predicted molar refractivity (Wildman–Crippen MR) is 236 cm³/mol. The van der Waals surface area contributed by atoms with Crippen molar-refractivity contribution in [3.63, 3.8) is 0 Å². The molecule has 0 fully saturated rings. The highest BCUT2D eigenvalue weighted by atomic mass is 16.3. The highest BCUT2D eigenvalue weighted by Gasteiger charge is 2.23. The number of hydrogen-bond donors (Lipinski definition) is 0. The van der Waals surface area contributed by atoms with Crippen LogP contribution in [0.2, 0.25) is 0 Å². The van der Waals surface area contributed by atoms with Crippen molar-refractivity contribution >= 4 is 39.0 Å². The van der Waals surface area contributed by atoms with Gasteiger partial charge in [0, 0.05) is 22.0 Å². The Kier molecular flexibility index (Phi) is 8.55. The van der Waals surface area contributed by atoms with Crippen molar-refractivity contribution in [3.8, 4) is 55.6 Å². The molecule has 0 amide bonds. The van der Waals surface area contributed by atoms with Crippen LogP contribution in [-0.2, 0) is 0 Å². The number of hydrogen-bond acceptors (Lipinski definition) is 2. The number of rotatable bonds is 8. The van der Waals surface area contributed by atoms with Gasteiger partial charge in [-0.3, -0.25) is 0 Å². The lowest BCUT2D eigenvalue weighted by Gasteiger charge is -2.28. The fourth-order valence-corrected chi connectivity index (χ4v) is 8.04. The van der Waals surface area contributed by atoms with E-state index in [2.05, 4.69) is 223 Å². The molecule has 10 rings (SSSR count). The minimum Gasteiger partial charge on any atom is -0.454 e. The molecule has 56 heavy (non-hydrogen) atoms. The molecule has 0 saturated carbocycles. The molecule has 0 aliphatic heterocycles. The van der Waals surface area contributed by atoms with Crippen LogP contribution in [0.4, 0.5) is 17.1 Å². The van der Waals surface area contributed by atoms with Crippen LogP contribution in [0, 0.1) is 0 Å². The molecule has 0 unspecified atom stereocenters. The van der Waals surface area contributed by atoms with Gasteiger partial charge in [0.25, 0.3) is 0 Å². The Labute approximate surface area is 327 Å². The first-order valence-electron chi connectivity index (χ1n) is 19.1. The Hall–Kier alpha value is -7.42. The molecule has 2 heteroatoms. The summed E-state index contributed by atoms with van der Waals surface area (Å²) in [6.45, 7) is 0. The number of para-hydroxylation sites is 3. The monoisotopic (exact) mass is 715 g/mol. The molecular formula is C54H37NO. The van der Waals surface area contributed by atoms with Crippen molar-refractivity contribution in [1.29, 1.82) is 0 Å². The first-order chi connectivity index (χ1) is 27.8. The smallest absolute Gasteiger partial charge is 0.159 e. The summed E-state index contributed by atoms with van der Waals surface area (Å²) >= 11 is 0. The summed E-state index contributed by atoms with van der Waals surface area (Å²) in [6.07, 6.45) is 0. The Morgan fingerprint density at radius 3 is 1.48 bits per heavy atom. The van der Waals surface area contributed by atoms with Crippen molar-refractivity contribution in [2.24, 2.45) is 0 Å². The highest BCUT2D eigenvalue weighted by molar-refractivity contribution is 6.11. The molecule has 0 N–H and O–H groups in total. The second-order valence-corrected chi connectivity index (χ2v) is 14.1. The number of furan rings is 1. The van der Waals surface area contributed by atoms with E-state index in [-0.39, 0.29) is 0 Å². The molecule has 2 nitrogen and oxygen atoms in total. The summed E-state index contributed by atoms with van der Waals surface area (Å²) in [6, 6.07) is 80.0. The van der Waals surface area contributed by atoms with Crippen molar-refractivity contribution in [3.05, 3.63) is 224 Å². The minimum absolute atomic E-state index is 0.854. The zero-order valence-electron chi connectivity index (χ0n) is 30.7. The third kappa shape index (κ3) is 6.04. The van der Waals surface area contributed by atoms with Crippen LogP contribution in [-0.4, -0.2) is 0 Å². The van der Waals surface area contributed by atoms with E-state index in [0.29, 0.717) is 0 Å². The maximum atomic E-state index is 6.71. The summed E-state index contributed by atoms with van der Waals surface area (Å²) in [5, 5.41) is 2.20. The first-order valence-corrected chi connectivity index (χ1v) is 19.1. The van der Waals surface area contributed by atoms with Crippen molar-refractivity contribution in [1.82, 2.24) is 0 Å². The van der Waals surface area contributed by atoms with Gasteiger partial charge in [-0.2, -0.15) is 0 Å². The third-order valence-corrected chi connectivity index (χ3v) is 10.7. The van der Waals surface area contributed by atoms with E-state index >= 15 is 0 Å². The standard InChI is InChI=1S/C54H37NO/c1-4-17-38(18-5-1)40-31-34-43(35-32-40)55(52-29-16-27-49-48-26-13-15-30-53(48)56-54(49)52)51-28-14-12-25-47(51)45-24-11-10-23-44(45)46-36-33-42(39-19-6-2-7-20-39)37-50(46)41-21-8-3-9-22-41/h1-37H. The number of anilines is 3. The fraction of sp³-hybridized carbons (Fsp3) is 0. The van der Waals surface area contributed by atoms with E-state index in [9.17, 15) is 0 Å². The van der Waals surface area contributed by atoms with Gasteiger partial charge < -0.3 is 9.32 Å². The van der Waals surface area contributed by atoms with E-state index in [1.165, 1.54) is 44.5 Å². The van der Waals surface area contributed by atoms with E-state index in [4.69, 9.17) is 4.42 Å².